The first-order chi connectivity index (χ1) is 12.8. The third-order valence-electron chi connectivity index (χ3n) is 4.73. The van der Waals surface area contributed by atoms with Crippen LogP contribution < -0.4 is 0 Å². The first-order valence-corrected chi connectivity index (χ1v) is 8.95. The highest BCUT2D eigenvalue weighted by molar-refractivity contribution is 6.09. The molecule has 0 saturated carbocycles. The van der Waals surface area contributed by atoms with Crippen molar-refractivity contribution in [2.24, 2.45) is 4.99 Å². The molecule has 0 aromatic heterocycles. The summed E-state index contributed by atoms with van der Waals surface area (Å²) in [7, 11) is 0. The average Bonchev–Trinajstić information content (AvgIpc) is 2.72. The highest BCUT2D eigenvalue weighted by Gasteiger charge is 2.14. The van der Waals surface area contributed by atoms with Crippen molar-refractivity contribution >= 4 is 16.5 Å². The smallest absolute Gasteiger partial charge is 0.100 e. The molecule has 0 bridgehead atoms. The van der Waals surface area contributed by atoms with Gasteiger partial charge in [0, 0.05) is 11.3 Å². The second-order valence-corrected chi connectivity index (χ2v) is 6.47. The molecule has 0 aliphatic rings. The Balaban J connectivity index is 1.84. The van der Waals surface area contributed by atoms with Crippen LogP contribution in [-0.2, 0) is 0 Å². The summed E-state index contributed by atoms with van der Waals surface area (Å²) < 4.78 is 0. The van der Waals surface area contributed by atoms with Crippen LogP contribution in [0.5, 0.6) is 0 Å². The molecule has 0 fully saturated rings. The van der Waals surface area contributed by atoms with Crippen molar-refractivity contribution < 1.29 is 0 Å². The normalized spacial score (nSPS) is 11.8. The van der Waals surface area contributed by atoms with Crippen LogP contribution in [0, 0.1) is 0 Å². The van der Waals surface area contributed by atoms with E-state index in [4.69, 9.17) is 4.99 Å². The molecular formula is C25H21N. The summed E-state index contributed by atoms with van der Waals surface area (Å²) in [5.74, 6) is 0. The molecule has 4 aromatic rings. The first kappa shape index (κ1) is 16.3. The second-order valence-electron chi connectivity index (χ2n) is 6.47. The van der Waals surface area contributed by atoms with Crippen LogP contribution in [0.15, 0.2) is 108 Å². The van der Waals surface area contributed by atoms with E-state index in [1.165, 1.54) is 27.5 Å². The van der Waals surface area contributed by atoms with Crippen molar-refractivity contribution in [2.75, 3.05) is 0 Å². The molecule has 0 spiro atoms. The Morgan fingerprint density at radius 3 is 1.81 bits per heavy atom. The largest absolute Gasteiger partial charge is 0.277 e. The van der Waals surface area contributed by atoms with Gasteiger partial charge >= 0.3 is 0 Å². The Labute approximate surface area is 154 Å². The van der Waals surface area contributed by atoms with E-state index in [-0.39, 0.29) is 6.04 Å². The summed E-state index contributed by atoms with van der Waals surface area (Å²) in [5.41, 5.74) is 4.66. The van der Waals surface area contributed by atoms with Crippen LogP contribution in [0.2, 0.25) is 0 Å². The van der Waals surface area contributed by atoms with Crippen molar-refractivity contribution in [3.8, 4) is 0 Å². The zero-order chi connectivity index (χ0) is 17.8. The molecule has 1 heteroatoms. The van der Waals surface area contributed by atoms with Gasteiger partial charge in [0.1, 0.15) is 6.04 Å². The Hall–Kier alpha value is -3.19. The molecule has 0 radical (unpaired) electrons. The number of benzene rings is 4. The quantitative estimate of drug-likeness (QED) is 0.381. The predicted molar refractivity (Wildman–Crippen MR) is 111 cm³/mol. The van der Waals surface area contributed by atoms with Gasteiger partial charge in [0.25, 0.3) is 0 Å². The van der Waals surface area contributed by atoms with E-state index in [2.05, 4.69) is 97.9 Å². The molecule has 26 heavy (non-hydrogen) atoms. The standard InChI is InChI=1S/C25H21N/c1-19(23-18-10-16-20-11-8-9-17-24(20)23)26-25(21-12-4-2-5-13-21)22-14-6-3-7-15-22/h2-18,25H,1H3. The molecule has 0 aliphatic heterocycles. The summed E-state index contributed by atoms with van der Waals surface area (Å²) >= 11 is 0. The average molecular weight is 335 g/mol. The third-order valence-corrected chi connectivity index (χ3v) is 4.73. The summed E-state index contributed by atoms with van der Waals surface area (Å²) in [5, 5.41) is 2.49. The molecule has 126 valence electrons. The minimum atomic E-state index is -0.00336. The monoisotopic (exact) mass is 335 g/mol. The fraction of sp³-hybridized carbons (Fsp3) is 0.0800. The van der Waals surface area contributed by atoms with Gasteiger partial charge in [-0.15, -0.1) is 0 Å². The van der Waals surface area contributed by atoms with E-state index < -0.39 is 0 Å². The molecule has 0 amide bonds. The lowest BCUT2D eigenvalue weighted by Gasteiger charge is -2.16. The maximum Gasteiger partial charge on any atom is 0.100 e. The topological polar surface area (TPSA) is 12.4 Å². The van der Waals surface area contributed by atoms with E-state index in [9.17, 15) is 0 Å². The Kier molecular flexibility index (Phi) is 4.61. The number of nitrogens with zero attached hydrogens (tertiary/aromatic N) is 1. The lowest BCUT2D eigenvalue weighted by atomic mass is 9.97. The van der Waals surface area contributed by atoms with Crippen molar-refractivity contribution in [1.29, 1.82) is 0 Å². The van der Waals surface area contributed by atoms with E-state index in [1.54, 1.807) is 0 Å². The van der Waals surface area contributed by atoms with E-state index in [0.29, 0.717) is 0 Å². The Morgan fingerprint density at radius 1 is 0.615 bits per heavy atom. The van der Waals surface area contributed by atoms with Crippen molar-refractivity contribution in [1.82, 2.24) is 0 Å². The van der Waals surface area contributed by atoms with Gasteiger partial charge in [0.2, 0.25) is 0 Å². The fourth-order valence-corrected chi connectivity index (χ4v) is 3.42. The molecule has 0 heterocycles. The molecule has 4 rings (SSSR count). The number of hydrogen-bond acceptors (Lipinski definition) is 1. The number of rotatable bonds is 4. The van der Waals surface area contributed by atoms with Gasteiger partial charge in [-0.2, -0.15) is 0 Å². The molecule has 0 atom stereocenters. The number of aliphatic imine (C=N–C) groups is 1. The maximum absolute atomic E-state index is 5.15. The minimum absolute atomic E-state index is 0.00336. The zero-order valence-corrected chi connectivity index (χ0v) is 14.8. The van der Waals surface area contributed by atoms with Gasteiger partial charge < -0.3 is 0 Å². The second kappa shape index (κ2) is 7.37. The SMILES string of the molecule is CC(=NC(c1ccccc1)c1ccccc1)c1cccc2ccccc12. The van der Waals surface area contributed by atoms with Crippen LogP contribution in [0.3, 0.4) is 0 Å². The zero-order valence-electron chi connectivity index (χ0n) is 14.8. The van der Waals surface area contributed by atoms with Crippen molar-refractivity contribution in [3.05, 3.63) is 120 Å². The van der Waals surface area contributed by atoms with Gasteiger partial charge in [-0.05, 0) is 28.8 Å². The van der Waals surface area contributed by atoms with E-state index in [0.717, 1.165) is 5.71 Å². The molecule has 0 saturated heterocycles. The molecule has 0 aliphatic carbocycles. The van der Waals surface area contributed by atoms with Gasteiger partial charge in [-0.25, -0.2) is 0 Å². The van der Waals surface area contributed by atoms with Crippen LogP contribution in [0.4, 0.5) is 0 Å². The first-order valence-electron chi connectivity index (χ1n) is 8.95. The van der Waals surface area contributed by atoms with E-state index in [1.807, 2.05) is 12.1 Å². The molecule has 4 aromatic carbocycles. The van der Waals surface area contributed by atoms with Gasteiger partial charge in [-0.3, -0.25) is 4.99 Å². The number of hydrogen-bond donors (Lipinski definition) is 0. The summed E-state index contributed by atoms with van der Waals surface area (Å²) in [6.45, 7) is 2.11. The number of fused-ring (bicyclic) bond motifs is 1. The van der Waals surface area contributed by atoms with E-state index >= 15 is 0 Å². The molecule has 0 N–H and O–H groups in total. The Morgan fingerprint density at radius 2 is 1.15 bits per heavy atom. The van der Waals surface area contributed by atoms with Crippen molar-refractivity contribution in [3.63, 3.8) is 0 Å². The van der Waals surface area contributed by atoms with Crippen LogP contribution >= 0.6 is 0 Å². The minimum Gasteiger partial charge on any atom is -0.277 e. The van der Waals surface area contributed by atoms with Crippen molar-refractivity contribution in [2.45, 2.75) is 13.0 Å². The van der Waals surface area contributed by atoms with Crippen LogP contribution in [0.25, 0.3) is 10.8 Å². The summed E-state index contributed by atoms with van der Waals surface area (Å²) in [4.78, 5) is 5.15. The van der Waals surface area contributed by atoms with Gasteiger partial charge in [0.05, 0.1) is 0 Å². The summed E-state index contributed by atoms with van der Waals surface area (Å²) in [6, 6.07) is 35.9. The maximum atomic E-state index is 5.15. The fourth-order valence-electron chi connectivity index (χ4n) is 3.42. The highest BCUT2D eigenvalue weighted by atomic mass is 14.8. The molecule has 0 unspecified atom stereocenters. The van der Waals surface area contributed by atoms with Crippen LogP contribution in [0.1, 0.15) is 29.7 Å². The van der Waals surface area contributed by atoms with Gasteiger partial charge in [0.15, 0.2) is 0 Å². The lowest BCUT2D eigenvalue weighted by Crippen LogP contribution is -2.04. The van der Waals surface area contributed by atoms with Crippen LogP contribution in [-0.4, -0.2) is 5.71 Å². The third kappa shape index (κ3) is 3.29. The molecular weight excluding hydrogens is 314 g/mol. The predicted octanol–water partition coefficient (Wildman–Crippen LogP) is 6.44. The highest BCUT2D eigenvalue weighted by Crippen LogP contribution is 2.28. The molecule has 1 nitrogen and oxygen atoms in total. The van der Waals surface area contributed by atoms with Gasteiger partial charge in [-0.1, -0.05) is 103 Å². The lowest BCUT2D eigenvalue weighted by molar-refractivity contribution is 0.872. The summed E-state index contributed by atoms with van der Waals surface area (Å²) in [6.07, 6.45) is 0. The Bertz CT molecular complexity index is 988.